The Morgan fingerprint density at radius 1 is 0.926 bits per heavy atom. The average molecular weight is 741 g/mol. The van der Waals surface area contributed by atoms with Gasteiger partial charge in [-0.05, 0) is 111 Å². The van der Waals surface area contributed by atoms with E-state index in [1.807, 2.05) is 104 Å². The summed E-state index contributed by atoms with van der Waals surface area (Å²) in [5.41, 5.74) is 3.81. The van der Waals surface area contributed by atoms with Gasteiger partial charge in [-0.1, -0.05) is 110 Å². The summed E-state index contributed by atoms with van der Waals surface area (Å²) < 4.78 is 1.07. The van der Waals surface area contributed by atoms with Gasteiger partial charge in [-0.3, -0.25) is 4.79 Å². The lowest BCUT2D eigenvalue weighted by molar-refractivity contribution is -0.0781. The van der Waals surface area contributed by atoms with Gasteiger partial charge < -0.3 is 20.4 Å². The Morgan fingerprint density at radius 3 is 2.41 bits per heavy atom. The summed E-state index contributed by atoms with van der Waals surface area (Å²) in [5.74, 6) is -0.167. The summed E-state index contributed by atoms with van der Waals surface area (Å²) in [4.78, 5) is 31.4. The molecule has 1 saturated carbocycles. The van der Waals surface area contributed by atoms with Gasteiger partial charge in [0.15, 0.2) is 0 Å². The number of nitrogens with one attached hydrogen (secondary N) is 1. The van der Waals surface area contributed by atoms with E-state index in [-0.39, 0.29) is 30.3 Å². The molecule has 280 valence electrons. The standard InChI is InChI=1S/C47H52N2O4S/c1-32-13-12-25-46(3)41(39-23-21-35(27-38(50)22-20-32)28-40(39)44(51)43-29-37-18-10-11-19-42(37)54-43)24-26-47(46,53)31-49(30-34-14-6-4-7-15-34)45(52)48-33(2)36-16-8-5-9-17-36/h4-11,13-19,21,23,28-29,33,38,41,50,53H,12,20,22,24-27,30-31H2,1-3H3,(H,48,52)/t33-,38+,41+,46+,47-/m1/s1. The van der Waals surface area contributed by atoms with E-state index in [1.54, 1.807) is 4.90 Å². The van der Waals surface area contributed by atoms with E-state index in [9.17, 15) is 19.8 Å². The molecule has 5 atom stereocenters. The summed E-state index contributed by atoms with van der Waals surface area (Å²) in [7, 11) is 0. The Kier molecular flexibility index (Phi) is 11.2. The number of ketones is 1. The molecule has 2 bridgehead atoms. The molecule has 1 fully saturated rings. The van der Waals surface area contributed by atoms with Crippen LogP contribution in [-0.2, 0) is 13.0 Å². The minimum Gasteiger partial charge on any atom is -0.393 e. The van der Waals surface area contributed by atoms with E-state index in [2.05, 4.69) is 37.4 Å². The van der Waals surface area contributed by atoms with Crippen molar-refractivity contribution in [2.75, 3.05) is 6.54 Å². The number of allylic oxidation sites excluding steroid dienone is 2. The number of hydrogen-bond donors (Lipinski definition) is 3. The number of carbonyl (C=O) groups excluding carboxylic acids is 2. The van der Waals surface area contributed by atoms with Crippen molar-refractivity contribution in [3.05, 3.63) is 154 Å². The van der Waals surface area contributed by atoms with E-state index in [1.165, 1.54) is 16.9 Å². The highest BCUT2D eigenvalue weighted by molar-refractivity contribution is 7.21. The van der Waals surface area contributed by atoms with Crippen LogP contribution >= 0.6 is 11.3 Å². The van der Waals surface area contributed by atoms with Crippen molar-refractivity contribution in [2.24, 2.45) is 5.41 Å². The third-order valence-electron chi connectivity index (χ3n) is 12.2. The first-order valence-corrected chi connectivity index (χ1v) is 20.2. The van der Waals surface area contributed by atoms with Crippen molar-refractivity contribution in [3.63, 3.8) is 0 Å². The van der Waals surface area contributed by atoms with Crippen molar-refractivity contribution >= 4 is 33.2 Å². The van der Waals surface area contributed by atoms with Crippen molar-refractivity contribution in [2.45, 2.75) is 95.9 Å². The van der Waals surface area contributed by atoms with Crippen LogP contribution in [0.25, 0.3) is 10.1 Å². The van der Waals surface area contributed by atoms with Crippen LogP contribution in [0.1, 0.15) is 109 Å². The Balaban J connectivity index is 1.28. The van der Waals surface area contributed by atoms with Gasteiger partial charge in [-0.25, -0.2) is 4.79 Å². The smallest absolute Gasteiger partial charge is 0.318 e. The minimum absolute atomic E-state index is 0.0249. The molecule has 6 nitrogen and oxygen atoms in total. The monoisotopic (exact) mass is 740 g/mol. The van der Waals surface area contributed by atoms with Gasteiger partial charge in [0, 0.05) is 22.2 Å². The fourth-order valence-electron chi connectivity index (χ4n) is 8.84. The average Bonchev–Trinajstić information content (AvgIpc) is 3.72. The topological polar surface area (TPSA) is 89.9 Å². The second-order valence-corrected chi connectivity index (χ2v) is 16.9. The molecule has 3 aliphatic rings. The van der Waals surface area contributed by atoms with Gasteiger partial charge in [0.25, 0.3) is 0 Å². The lowest BCUT2D eigenvalue weighted by Crippen LogP contribution is -2.55. The van der Waals surface area contributed by atoms with Crippen LogP contribution < -0.4 is 5.32 Å². The first kappa shape index (κ1) is 37.7. The molecule has 3 N–H and O–H groups in total. The zero-order valence-electron chi connectivity index (χ0n) is 31.6. The molecule has 0 spiro atoms. The third-order valence-corrected chi connectivity index (χ3v) is 13.3. The molecule has 1 heterocycles. The Hall–Kier alpha value is -4.56. The first-order chi connectivity index (χ1) is 26.0. The van der Waals surface area contributed by atoms with Crippen LogP contribution in [0, 0.1) is 5.41 Å². The maximum absolute atomic E-state index is 14.6. The second-order valence-electron chi connectivity index (χ2n) is 15.8. The van der Waals surface area contributed by atoms with Gasteiger partial charge in [-0.2, -0.15) is 0 Å². The molecule has 0 saturated heterocycles. The van der Waals surface area contributed by atoms with Gasteiger partial charge in [-0.15, -0.1) is 11.3 Å². The third kappa shape index (κ3) is 7.95. The highest BCUT2D eigenvalue weighted by Crippen LogP contribution is 2.59. The SMILES string of the molecule is CC1=CCC[C@@]2(C)[C@@H](CC[C@@]2(O)CN(Cc2ccccc2)C(=O)N[C@H](C)c2ccccc2)c2ccc(cc2C(=O)c2cc3ccccc3s2)C[C@@H](O)CC1. The zero-order valence-corrected chi connectivity index (χ0v) is 32.4. The quantitative estimate of drug-likeness (QED) is 0.109. The molecule has 1 aromatic heterocycles. The minimum atomic E-state index is -1.24. The van der Waals surface area contributed by atoms with Crippen molar-refractivity contribution in [1.29, 1.82) is 0 Å². The molecule has 7 heteroatoms. The predicted molar refractivity (Wildman–Crippen MR) is 219 cm³/mol. The van der Waals surface area contributed by atoms with E-state index in [0.717, 1.165) is 45.2 Å². The van der Waals surface area contributed by atoms with E-state index in [4.69, 9.17) is 0 Å². The maximum atomic E-state index is 14.6. The fraction of sp³-hybridized carbons (Fsp3) is 0.362. The van der Waals surface area contributed by atoms with Crippen molar-refractivity contribution in [3.8, 4) is 0 Å². The van der Waals surface area contributed by atoms with E-state index in [0.29, 0.717) is 49.1 Å². The number of fused-ring (bicyclic) bond motifs is 9. The highest BCUT2D eigenvalue weighted by Gasteiger charge is 2.57. The van der Waals surface area contributed by atoms with Crippen LogP contribution in [0.5, 0.6) is 0 Å². The van der Waals surface area contributed by atoms with Crippen LogP contribution in [0.3, 0.4) is 0 Å². The Bertz CT molecular complexity index is 2090. The first-order valence-electron chi connectivity index (χ1n) is 19.4. The maximum Gasteiger partial charge on any atom is 0.318 e. The van der Waals surface area contributed by atoms with E-state index >= 15 is 0 Å². The lowest BCUT2D eigenvalue weighted by atomic mass is 9.64. The number of carbonyl (C=O) groups is 2. The summed E-state index contributed by atoms with van der Waals surface area (Å²) in [6, 6.07) is 35.6. The number of thiophene rings is 1. The van der Waals surface area contributed by atoms with Crippen LogP contribution in [0.15, 0.2) is 121 Å². The number of nitrogens with zero attached hydrogens (tertiary/aromatic N) is 1. The molecule has 5 aromatic rings. The van der Waals surface area contributed by atoms with Crippen molar-refractivity contribution in [1.82, 2.24) is 10.2 Å². The summed E-state index contributed by atoms with van der Waals surface area (Å²) >= 11 is 1.51. The molecule has 3 aliphatic carbocycles. The molecule has 0 radical (unpaired) electrons. The van der Waals surface area contributed by atoms with Gasteiger partial charge in [0.2, 0.25) is 5.78 Å². The highest BCUT2D eigenvalue weighted by atomic mass is 32.1. The van der Waals surface area contributed by atoms with Gasteiger partial charge >= 0.3 is 6.03 Å². The Labute approximate surface area is 323 Å². The molecular weight excluding hydrogens is 689 g/mol. The molecule has 4 aromatic carbocycles. The van der Waals surface area contributed by atoms with Crippen LogP contribution in [0.2, 0.25) is 0 Å². The molecule has 0 unspecified atom stereocenters. The number of aliphatic hydroxyl groups is 2. The molecule has 54 heavy (non-hydrogen) atoms. The number of urea groups is 1. The largest absolute Gasteiger partial charge is 0.393 e. The van der Waals surface area contributed by atoms with E-state index < -0.39 is 17.1 Å². The van der Waals surface area contributed by atoms with Crippen LogP contribution in [0.4, 0.5) is 4.79 Å². The molecule has 0 aliphatic heterocycles. The Morgan fingerprint density at radius 2 is 1.65 bits per heavy atom. The number of aliphatic hydroxyl groups excluding tert-OH is 1. The summed E-state index contributed by atoms with van der Waals surface area (Å²) in [6.07, 6.45) is 6.20. The normalized spacial score (nSPS) is 23.6. The van der Waals surface area contributed by atoms with Crippen LogP contribution in [-0.4, -0.2) is 45.2 Å². The summed E-state index contributed by atoms with van der Waals surface area (Å²) in [6.45, 7) is 6.78. The summed E-state index contributed by atoms with van der Waals surface area (Å²) in [5, 5.41) is 28.4. The second kappa shape index (κ2) is 16.0. The number of amides is 2. The number of hydrogen-bond acceptors (Lipinski definition) is 5. The van der Waals surface area contributed by atoms with Gasteiger partial charge in [0.05, 0.1) is 29.2 Å². The molecule has 2 amide bonds. The lowest BCUT2D eigenvalue weighted by Gasteiger charge is -2.46. The number of rotatable bonds is 8. The number of benzene rings is 4. The zero-order chi connectivity index (χ0) is 37.9. The predicted octanol–water partition coefficient (Wildman–Crippen LogP) is 10.1. The molecular formula is C47H52N2O4S. The fourth-order valence-corrected chi connectivity index (χ4v) is 9.86. The van der Waals surface area contributed by atoms with Crippen molar-refractivity contribution < 1.29 is 19.8 Å². The molecule has 8 rings (SSSR count). The van der Waals surface area contributed by atoms with Gasteiger partial charge in [0.1, 0.15) is 0 Å².